The molecule has 0 radical (unpaired) electrons. The third-order valence-electron chi connectivity index (χ3n) is 1.61. The third-order valence-corrected chi connectivity index (χ3v) is 1.61. The zero-order valence-corrected chi connectivity index (χ0v) is 8.25. The van der Waals surface area contributed by atoms with Gasteiger partial charge < -0.3 is 4.74 Å². The zero-order valence-electron chi connectivity index (χ0n) is 8.25. The second kappa shape index (κ2) is 7.35. The molecule has 0 aromatic heterocycles. The Morgan fingerprint density at radius 2 is 2.08 bits per heavy atom. The highest BCUT2D eigenvalue weighted by Crippen LogP contribution is 2.00. The number of hydrogen-bond donors (Lipinski definition) is 0. The van der Waals surface area contributed by atoms with Crippen molar-refractivity contribution in [3.63, 3.8) is 0 Å². The van der Waals surface area contributed by atoms with Crippen molar-refractivity contribution in [3.8, 4) is 0 Å². The molecule has 13 heavy (non-hydrogen) atoms. The Morgan fingerprint density at radius 3 is 2.62 bits per heavy atom. The van der Waals surface area contributed by atoms with Gasteiger partial charge in [0.2, 0.25) is 0 Å². The average Bonchev–Trinajstić information content (AvgIpc) is 2.14. The molecule has 0 amide bonds. The highest BCUT2D eigenvalue weighted by atomic mass is 16.5. The van der Waals surface area contributed by atoms with E-state index in [2.05, 4.69) is 17.4 Å². The first kappa shape index (κ1) is 11.7. The van der Waals surface area contributed by atoms with Crippen molar-refractivity contribution in [1.82, 2.24) is 0 Å². The molecule has 0 bridgehead atoms. The molecule has 0 rings (SSSR count). The number of hydrogen-bond acceptors (Lipinski definition) is 2. The first-order valence-corrected chi connectivity index (χ1v) is 4.20. The van der Waals surface area contributed by atoms with E-state index in [0.29, 0.717) is 13.1 Å². The molecule has 0 saturated carbocycles. The highest BCUT2D eigenvalue weighted by Gasteiger charge is 1.87. The Hall–Kier alpha value is -1.31. The van der Waals surface area contributed by atoms with E-state index in [9.17, 15) is 4.79 Å². The fourth-order valence-corrected chi connectivity index (χ4v) is 0.754. The minimum absolute atomic E-state index is 0.379. The van der Waals surface area contributed by atoms with Gasteiger partial charge in [0, 0.05) is 0 Å². The Kier molecular flexibility index (Phi) is 6.60. The lowest BCUT2D eigenvalue weighted by atomic mass is 10.2. The highest BCUT2D eigenvalue weighted by molar-refractivity contribution is 5.37. The summed E-state index contributed by atoms with van der Waals surface area (Å²) in [5.74, 6) is 0. The van der Waals surface area contributed by atoms with Crippen LogP contribution in [-0.2, 0) is 9.53 Å². The minimum Gasteiger partial charge on any atom is -0.463 e. The van der Waals surface area contributed by atoms with Crippen LogP contribution in [0.5, 0.6) is 0 Å². The van der Waals surface area contributed by atoms with Gasteiger partial charge in [0.1, 0.15) is 6.61 Å². The number of carbonyl (C=O) groups is 1. The van der Waals surface area contributed by atoms with Gasteiger partial charge in [-0.3, -0.25) is 4.79 Å². The van der Waals surface area contributed by atoms with E-state index in [0.717, 1.165) is 17.6 Å². The van der Waals surface area contributed by atoms with Gasteiger partial charge in [0.05, 0.1) is 0 Å². The fraction of sp³-hybridized carbons (Fsp3) is 0.364. The van der Waals surface area contributed by atoms with Gasteiger partial charge >= 0.3 is 0 Å². The predicted octanol–water partition coefficient (Wildman–Crippen LogP) is 2.63. The van der Waals surface area contributed by atoms with E-state index in [1.165, 1.54) is 0 Å². The first-order valence-electron chi connectivity index (χ1n) is 4.20. The Bertz CT molecular complexity index is 224. The number of allylic oxidation sites excluding steroid dienone is 4. The van der Waals surface area contributed by atoms with Gasteiger partial charge in [0.25, 0.3) is 6.47 Å². The minimum atomic E-state index is 0.379. The maximum Gasteiger partial charge on any atom is 0.293 e. The van der Waals surface area contributed by atoms with Crippen molar-refractivity contribution < 1.29 is 9.53 Å². The topological polar surface area (TPSA) is 26.3 Å². The molecule has 0 N–H and O–H groups in total. The van der Waals surface area contributed by atoms with E-state index in [1.807, 2.05) is 26.0 Å². The summed E-state index contributed by atoms with van der Waals surface area (Å²) in [5.41, 5.74) is 2.21. The summed E-state index contributed by atoms with van der Waals surface area (Å²) < 4.78 is 4.59. The zero-order chi connectivity index (χ0) is 10.1. The summed E-state index contributed by atoms with van der Waals surface area (Å²) in [5, 5.41) is 0. The van der Waals surface area contributed by atoms with Crippen LogP contribution >= 0.6 is 0 Å². The average molecular weight is 180 g/mol. The van der Waals surface area contributed by atoms with Crippen LogP contribution in [0.1, 0.15) is 20.3 Å². The summed E-state index contributed by atoms with van der Waals surface area (Å²) in [6, 6.07) is 0. The molecule has 0 fully saturated rings. The molecular weight excluding hydrogens is 164 g/mol. The summed E-state index contributed by atoms with van der Waals surface area (Å²) in [7, 11) is 0. The Labute approximate surface area is 79.6 Å². The maximum atomic E-state index is 9.86. The molecule has 0 aromatic rings. The molecular formula is C11H16O2. The van der Waals surface area contributed by atoms with Gasteiger partial charge in [0.15, 0.2) is 0 Å². The molecule has 2 heteroatoms. The van der Waals surface area contributed by atoms with Crippen molar-refractivity contribution in [2.75, 3.05) is 6.61 Å². The van der Waals surface area contributed by atoms with Crippen molar-refractivity contribution in [2.45, 2.75) is 20.3 Å². The predicted molar refractivity (Wildman–Crippen MR) is 54.3 cm³/mol. The second-order valence-corrected chi connectivity index (χ2v) is 2.85. The monoisotopic (exact) mass is 180 g/mol. The van der Waals surface area contributed by atoms with Gasteiger partial charge in [-0.1, -0.05) is 30.4 Å². The molecule has 72 valence electrons. The van der Waals surface area contributed by atoms with Crippen LogP contribution in [-0.4, -0.2) is 13.1 Å². The van der Waals surface area contributed by atoms with E-state index in [-0.39, 0.29) is 0 Å². The fourth-order valence-electron chi connectivity index (χ4n) is 0.754. The molecule has 0 spiro atoms. The standard InChI is InChI=1S/C11H16O2/c1-4-10(2)6-5-7-11(3)8-13-9-12/h4,6-7,9H,1,5,8H2,2-3H3. The molecule has 0 aliphatic heterocycles. The molecule has 2 nitrogen and oxygen atoms in total. The lowest BCUT2D eigenvalue weighted by molar-refractivity contribution is -0.127. The SMILES string of the molecule is C=CC(C)=CCC=C(C)COC=O. The van der Waals surface area contributed by atoms with Gasteiger partial charge in [-0.2, -0.15) is 0 Å². The van der Waals surface area contributed by atoms with Crippen LogP contribution in [0.2, 0.25) is 0 Å². The maximum absolute atomic E-state index is 9.86. The largest absolute Gasteiger partial charge is 0.463 e. The second-order valence-electron chi connectivity index (χ2n) is 2.85. The van der Waals surface area contributed by atoms with E-state index >= 15 is 0 Å². The molecule has 0 aromatic carbocycles. The lowest BCUT2D eigenvalue weighted by Crippen LogP contribution is -1.92. The third kappa shape index (κ3) is 7.06. The summed E-state index contributed by atoms with van der Waals surface area (Å²) in [6.07, 6.45) is 6.75. The lowest BCUT2D eigenvalue weighted by Gasteiger charge is -1.97. The van der Waals surface area contributed by atoms with Crippen LogP contribution in [0.4, 0.5) is 0 Å². The summed E-state index contributed by atoms with van der Waals surface area (Å²) in [4.78, 5) is 9.86. The Balaban J connectivity index is 3.82. The normalized spacial score (nSPS) is 12.5. The van der Waals surface area contributed by atoms with Crippen LogP contribution in [0, 0.1) is 0 Å². The van der Waals surface area contributed by atoms with Gasteiger partial charge in [-0.15, -0.1) is 0 Å². The van der Waals surface area contributed by atoms with Crippen molar-refractivity contribution in [2.24, 2.45) is 0 Å². The van der Waals surface area contributed by atoms with Crippen molar-refractivity contribution >= 4 is 6.47 Å². The molecule has 0 aliphatic rings. The summed E-state index contributed by atoms with van der Waals surface area (Å²) >= 11 is 0. The van der Waals surface area contributed by atoms with Gasteiger partial charge in [-0.25, -0.2) is 0 Å². The van der Waals surface area contributed by atoms with Crippen LogP contribution in [0.25, 0.3) is 0 Å². The van der Waals surface area contributed by atoms with Gasteiger partial charge in [-0.05, 0) is 25.8 Å². The van der Waals surface area contributed by atoms with E-state index < -0.39 is 0 Å². The Morgan fingerprint density at radius 1 is 1.38 bits per heavy atom. The summed E-state index contributed by atoms with van der Waals surface area (Å²) in [6.45, 7) is 8.42. The molecule has 0 saturated heterocycles. The molecule has 0 unspecified atom stereocenters. The number of carbonyl (C=O) groups excluding carboxylic acids is 1. The van der Waals surface area contributed by atoms with E-state index in [4.69, 9.17) is 0 Å². The smallest absolute Gasteiger partial charge is 0.293 e. The number of ether oxygens (including phenoxy) is 1. The van der Waals surface area contributed by atoms with Crippen LogP contribution < -0.4 is 0 Å². The van der Waals surface area contributed by atoms with Crippen molar-refractivity contribution in [1.29, 1.82) is 0 Å². The van der Waals surface area contributed by atoms with Crippen LogP contribution in [0.15, 0.2) is 36.0 Å². The molecule has 0 heterocycles. The molecule has 0 atom stereocenters. The molecule has 0 aliphatic carbocycles. The van der Waals surface area contributed by atoms with Crippen molar-refractivity contribution in [3.05, 3.63) is 36.0 Å². The van der Waals surface area contributed by atoms with E-state index in [1.54, 1.807) is 0 Å². The van der Waals surface area contributed by atoms with Crippen LogP contribution in [0.3, 0.4) is 0 Å². The number of rotatable bonds is 6. The quantitative estimate of drug-likeness (QED) is 0.357. The first-order chi connectivity index (χ1) is 6.20.